The maximum Gasteiger partial charge on any atom is 0.143 e. The molecule has 0 aliphatic carbocycles. The third-order valence-electron chi connectivity index (χ3n) is 5.01. The van der Waals surface area contributed by atoms with Crippen molar-refractivity contribution in [2.24, 2.45) is 5.92 Å². The van der Waals surface area contributed by atoms with E-state index in [1.54, 1.807) is 19.1 Å². The van der Waals surface area contributed by atoms with Crippen molar-refractivity contribution in [1.82, 2.24) is 0 Å². The van der Waals surface area contributed by atoms with E-state index in [9.17, 15) is 25.2 Å². The summed E-state index contributed by atoms with van der Waals surface area (Å²) < 4.78 is 0.0812. The Bertz CT molecular complexity index is 459. The molecule has 0 spiro atoms. The van der Waals surface area contributed by atoms with Gasteiger partial charge in [-0.15, -0.1) is 0 Å². The molecule has 6 nitrogen and oxygen atoms in total. The smallest absolute Gasteiger partial charge is 0.143 e. The van der Waals surface area contributed by atoms with E-state index in [2.05, 4.69) is 13.8 Å². The van der Waals surface area contributed by atoms with E-state index < -0.39 is 11.9 Å². The van der Waals surface area contributed by atoms with Crippen molar-refractivity contribution in [3.8, 4) is 0 Å². The summed E-state index contributed by atoms with van der Waals surface area (Å²) in [5.74, 6) is -1.58. The zero-order chi connectivity index (χ0) is 21.4. The van der Waals surface area contributed by atoms with Crippen molar-refractivity contribution in [3.63, 3.8) is 0 Å². The van der Waals surface area contributed by atoms with Crippen molar-refractivity contribution < 1.29 is 29.7 Å². The topological polar surface area (TPSA) is 101 Å². The number of allylic oxidation sites excluding steroid dienone is 2. The summed E-state index contributed by atoms with van der Waals surface area (Å²) in [7, 11) is 0. The van der Waals surface area contributed by atoms with Crippen LogP contribution in [0.25, 0.3) is 0 Å². The molecule has 0 fully saturated rings. The van der Waals surface area contributed by atoms with Gasteiger partial charge in [-0.05, 0) is 37.8 Å². The largest absolute Gasteiger partial charge is 0.550 e. The maximum absolute atomic E-state index is 11.3. The number of hydrogen-bond acceptors (Lipinski definition) is 5. The van der Waals surface area contributed by atoms with Crippen molar-refractivity contribution >= 4 is 5.97 Å². The lowest BCUT2D eigenvalue weighted by Gasteiger charge is -2.40. The van der Waals surface area contributed by atoms with Crippen LogP contribution in [0.15, 0.2) is 23.7 Å². The SMILES string of the molecule is CCCCC/C=C(\O)C[N+](CCO)(C/C(O)=C/CCCCC)CC(C)C(=O)[O-]. The molecule has 28 heavy (non-hydrogen) atoms. The quantitative estimate of drug-likeness (QED) is 0.198. The van der Waals surface area contributed by atoms with Crippen LogP contribution >= 0.6 is 0 Å². The number of carbonyl (C=O) groups excluding carboxylic acids is 1. The lowest BCUT2D eigenvalue weighted by molar-refractivity contribution is -0.924. The number of carbonyl (C=O) groups is 1. The lowest BCUT2D eigenvalue weighted by Crippen LogP contribution is -2.56. The number of carboxylic acids is 1. The van der Waals surface area contributed by atoms with Crippen LogP contribution in [0.5, 0.6) is 0 Å². The first-order valence-electron chi connectivity index (χ1n) is 10.7. The molecule has 0 saturated heterocycles. The molecular formula is C22H41NO5. The molecule has 0 amide bonds. The Morgan fingerprint density at radius 1 is 0.964 bits per heavy atom. The van der Waals surface area contributed by atoms with Gasteiger partial charge in [0.2, 0.25) is 0 Å². The summed E-state index contributed by atoms with van der Waals surface area (Å²) in [6, 6.07) is 0. The highest BCUT2D eigenvalue weighted by Gasteiger charge is 2.32. The number of aliphatic hydroxyl groups is 3. The maximum atomic E-state index is 11.3. The Balaban J connectivity index is 5.35. The van der Waals surface area contributed by atoms with Crippen LogP contribution in [0.3, 0.4) is 0 Å². The molecule has 164 valence electrons. The molecule has 0 aliphatic rings. The minimum atomic E-state index is -1.17. The van der Waals surface area contributed by atoms with E-state index >= 15 is 0 Å². The first-order valence-corrected chi connectivity index (χ1v) is 10.7. The van der Waals surface area contributed by atoms with E-state index in [-0.39, 0.29) is 48.8 Å². The monoisotopic (exact) mass is 399 g/mol. The van der Waals surface area contributed by atoms with Gasteiger partial charge in [0, 0.05) is 11.9 Å². The average Bonchev–Trinajstić information content (AvgIpc) is 2.62. The van der Waals surface area contributed by atoms with Crippen molar-refractivity contribution in [2.45, 2.75) is 72.1 Å². The number of aliphatic hydroxyl groups excluding tert-OH is 3. The Labute approximate surface area is 170 Å². The zero-order valence-corrected chi connectivity index (χ0v) is 18.0. The molecule has 0 aromatic rings. The minimum Gasteiger partial charge on any atom is -0.550 e. The van der Waals surface area contributed by atoms with Crippen LogP contribution in [0, 0.1) is 5.92 Å². The Morgan fingerprint density at radius 2 is 1.43 bits per heavy atom. The zero-order valence-electron chi connectivity index (χ0n) is 18.0. The second-order valence-electron chi connectivity index (χ2n) is 7.89. The number of aliphatic carboxylic acids is 1. The molecule has 0 rings (SSSR count). The summed E-state index contributed by atoms with van der Waals surface area (Å²) >= 11 is 0. The number of carboxylic acid groups (broad SMARTS) is 1. The molecule has 0 aromatic heterocycles. The number of unbranched alkanes of at least 4 members (excludes halogenated alkanes) is 6. The van der Waals surface area contributed by atoms with Crippen molar-refractivity contribution in [1.29, 1.82) is 0 Å². The van der Waals surface area contributed by atoms with E-state index in [4.69, 9.17) is 0 Å². The van der Waals surface area contributed by atoms with E-state index in [1.807, 2.05) is 0 Å². The van der Waals surface area contributed by atoms with Crippen LogP contribution < -0.4 is 5.11 Å². The highest BCUT2D eigenvalue weighted by molar-refractivity contribution is 5.67. The van der Waals surface area contributed by atoms with Gasteiger partial charge in [-0.3, -0.25) is 0 Å². The fourth-order valence-corrected chi connectivity index (χ4v) is 3.44. The number of hydrogen-bond donors (Lipinski definition) is 3. The molecule has 0 bridgehead atoms. The van der Waals surface area contributed by atoms with Gasteiger partial charge in [0.25, 0.3) is 0 Å². The third-order valence-corrected chi connectivity index (χ3v) is 5.01. The fraction of sp³-hybridized carbons (Fsp3) is 0.773. The summed E-state index contributed by atoms with van der Waals surface area (Å²) in [5, 5.41) is 41.7. The fourth-order valence-electron chi connectivity index (χ4n) is 3.44. The lowest BCUT2D eigenvalue weighted by atomic mass is 10.1. The van der Waals surface area contributed by atoms with Crippen LogP contribution in [-0.4, -0.2) is 58.6 Å². The van der Waals surface area contributed by atoms with Crippen molar-refractivity contribution in [3.05, 3.63) is 23.7 Å². The predicted molar refractivity (Wildman–Crippen MR) is 111 cm³/mol. The summed E-state index contributed by atoms with van der Waals surface area (Å²) in [6.45, 7) is 6.40. The van der Waals surface area contributed by atoms with Gasteiger partial charge < -0.3 is 29.7 Å². The van der Waals surface area contributed by atoms with Gasteiger partial charge in [0.15, 0.2) is 0 Å². The second kappa shape index (κ2) is 15.4. The van der Waals surface area contributed by atoms with Crippen LogP contribution in [0.4, 0.5) is 0 Å². The highest BCUT2D eigenvalue weighted by Crippen LogP contribution is 2.18. The second-order valence-corrected chi connectivity index (χ2v) is 7.89. The molecular weight excluding hydrogens is 358 g/mol. The number of nitrogens with zero attached hydrogens (tertiary/aromatic N) is 1. The number of rotatable bonds is 17. The summed E-state index contributed by atoms with van der Waals surface area (Å²) in [4.78, 5) is 11.3. The Kier molecular flexibility index (Phi) is 14.6. The Morgan fingerprint density at radius 3 is 1.79 bits per heavy atom. The van der Waals surface area contributed by atoms with E-state index in [0.717, 1.165) is 51.4 Å². The summed E-state index contributed by atoms with van der Waals surface area (Å²) in [6.07, 6.45) is 11.4. The van der Waals surface area contributed by atoms with Crippen LogP contribution in [0.1, 0.15) is 72.1 Å². The molecule has 3 N–H and O–H groups in total. The number of quaternary nitrogens is 1. The van der Waals surface area contributed by atoms with Crippen LogP contribution in [-0.2, 0) is 4.79 Å². The molecule has 0 aliphatic heterocycles. The van der Waals surface area contributed by atoms with Gasteiger partial charge in [0.05, 0.1) is 13.2 Å². The predicted octanol–water partition coefficient (Wildman–Crippen LogP) is 3.23. The minimum absolute atomic E-state index is 0.0812. The highest BCUT2D eigenvalue weighted by atomic mass is 16.4. The third kappa shape index (κ3) is 12.0. The first kappa shape index (κ1) is 26.5. The Hall–Kier alpha value is -1.53. The molecule has 0 radical (unpaired) electrons. The van der Waals surface area contributed by atoms with E-state index in [0.29, 0.717) is 0 Å². The normalized spacial score (nSPS) is 16.0. The average molecular weight is 400 g/mol. The summed E-state index contributed by atoms with van der Waals surface area (Å²) in [5.41, 5.74) is 0. The van der Waals surface area contributed by atoms with Gasteiger partial charge in [0.1, 0.15) is 31.2 Å². The van der Waals surface area contributed by atoms with Gasteiger partial charge in [-0.2, -0.15) is 0 Å². The van der Waals surface area contributed by atoms with Crippen LogP contribution in [0.2, 0.25) is 0 Å². The molecule has 0 saturated carbocycles. The van der Waals surface area contributed by atoms with Crippen molar-refractivity contribution in [2.75, 3.05) is 32.8 Å². The van der Waals surface area contributed by atoms with Gasteiger partial charge >= 0.3 is 0 Å². The molecule has 1 unspecified atom stereocenters. The standard InChI is InChI=1S/C22H41NO5/c1-4-6-8-10-12-20(25)17-23(14-15-24,16-19(3)22(27)28)18-21(26)13-11-9-7-5-2/h12-13,19,24H,4-11,14-18H2,1-3H3,(H2-,25,26,27,28)/b20-12-,21-13-. The molecule has 1 atom stereocenters. The van der Waals surface area contributed by atoms with Gasteiger partial charge in [-0.25, -0.2) is 0 Å². The first-order chi connectivity index (χ1) is 13.3. The molecule has 0 aromatic carbocycles. The van der Waals surface area contributed by atoms with Gasteiger partial charge in [-0.1, -0.05) is 46.5 Å². The van der Waals surface area contributed by atoms with E-state index in [1.165, 1.54) is 0 Å². The molecule has 6 heteroatoms. The molecule has 0 heterocycles.